The zero-order valence-electron chi connectivity index (χ0n) is 12.9. The third-order valence-electron chi connectivity index (χ3n) is 3.44. The Kier molecular flexibility index (Phi) is 4.57. The lowest BCUT2D eigenvalue weighted by atomic mass is 10.3. The number of hydrogen-bond acceptors (Lipinski definition) is 3. The summed E-state index contributed by atoms with van der Waals surface area (Å²) in [7, 11) is 5.32. The van der Waals surface area contributed by atoms with Crippen LogP contribution in [0.3, 0.4) is 0 Å². The number of aromatic nitrogens is 2. The molecular weight excluding hydrogens is 271 g/mol. The Morgan fingerprint density at radius 3 is 2.67 bits per heavy atom. The molecule has 1 aromatic heterocycles. The lowest BCUT2D eigenvalue weighted by Gasteiger charge is -2.19. The molecule has 0 aliphatic heterocycles. The minimum absolute atomic E-state index is 0.0304. The second kappa shape index (κ2) is 6.22. The summed E-state index contributed by atoms with van der Waals surface area (Å²) >= 11 is 0. The third-order valence-corrected chi connectivity index (χ3v) is 3.44. The standard InChI is InChI=1S/C15H21FN4O/c1-5-20-12-8-6-7-11(16)15(12)17-13(20)9-19(4)10-14(21)18(2)3/h6-8H,5,9-10H2,1-4H3. The highest BCUT2D eigenvalue weighted by atomic mass is 19.1. The second-order valence-electron chi connectivity index (χ2n) is 5.34. The van der Waals surface area contributed by atoms with Gasteiger partial charge < -0.3 is 9.47 Å². The molecule has 0 spiro atoms. The maximum atomic E-state index is 13.8. The highest BCUT2D eigenvalue weighted by Crippen LogP contribution is 2.19. The van der Waals surface area contributed by atoms with Gasteiger partial charge in [-0.2, -0.15) is 0 Å². The first kappa shape index (κ1) is 15.4. The van der Waals surface area contributed by atoms with Gasteiger partial charge in [0.2, 0.25) is 5.91 Å². The van der Waals surface area contributed by atoms with E-state index in [2.05, 4.69) is 4.98 Å². The van der Waals surface area contributed by atoms with Gasteiger partial charge in [0.1, 0.15) is 11.3 Å². The van der Waals surface area contributed by atoms with E-state index < -0.39 is 0 Å². The predicted octanol–water partition coefficient (Wildman–Crippen LogP) is 1.72. The van der Waals surface area contributed by atoms with E-state index in [0.29, 0.717) is 25.2 Å². The fraction of sp³-hybridized carbons (Fsp3) is 0.467. The predicted molar refractivity (Wildman–Crippen MR) is 80.4 cm³/mol. The number of likely N-dealkylation sites (N-methyl/N-ethyl adjacent to an activating group) is 2. The first-order valence-corrected chi connectivity index (χ1v) is 6.96. The van der Waals surface area contributed by atoms with Crippen LogP contribution in [0.1, 0.15) is 12.7 Å². The van der Waals surface area contributed by atoms with Gasteiger partial charge in [-0.25, -0.2) is 9.37 Å². The normalized spacial score (nSPS) is 11.3. The van der Waals surface area contributed by atoms with Gasteiger partial charge in [-0.05, 0) is 26.1 Å². The number of imidazole rings is 1. The minimum atomic E-state index is -0.312. The first-order valence-electron chi connectivity index (χ1n) is 6.96. The van der Waals surface area contributed by atoms with Crippen LogP contribution in [0.15, 0.2) is 18.2 Å². The van der Waals surface area contributed by atoms with E-state index in [0.717, 1.165) is 11.3 Å². The lowest BCUT2D eigenvalue weighted by Crippen LogP contribution is -2.34. The summed E-state index contributed by atoms with van der Waals surface area (Å²) in [5.41, 5.74) is 1.18. The van der Waals surface area contributed by atoms with E-state index in [9.17, 15) is 9.18 Å². The van der Waals surface area contributed by atoms with Crippen LogP contribution in [0.25, 0.3) is 11.0 Å². The molecule has 0 fully saturated rings. The largest absolute Gasteiger partial charge is 0.348 e. The Hall–Kier alpha value is -1.95. The number of carbonyl (C=O) groups excluding carboxylic acids is 1. The number of aryl methyl sites for hydroxylation is 1. The summed E-state index contributed by atoms with van der Waals surface area (Å²) in [4.78, 5) is 19.6. The summed E-state index contributed by atoms with van der Waals surface area (Å²) in [6.07, 6.45) is 0. The number of amides is 1. The van der Waals surface area contributed by atoms with Crippen LogP contribution >= 0.6 is 0 Å². The van der Waals surface area contributed by atoms with E-state index in [1.807, 2.05) is 29.5 Å². The minimum Gasteiger partial charge on any atom is -0.348 e. The number of hydrogen-bond donors (Lipinski definition) is 0. The number of halogens is 1. The molecule has 2 rings (SSSR count). The van der Waals surface area contributed by atoms with Crippen LogP contribution in [0.2, 0.25) is 0 Å². The van der Waals surface area contributed by atoms with Crippen molar-refractivity contribution in [1.82, 2.24) is 19.4 Å². The van der Waals surface area contributed by atoms with Crippen molar-refractivity contribution in [1.29, 1.82) is 0 Å². The average molecular weight is 292 g/mol. The fourth-order valence-corrected chi connectivity index (χ4v) is 2.30. The zero-order valence-corrected chi connectivity index (χ0v) is 12.9. The monoisotopic (exact) mass is 292 g/mol. The van der Waals surface area contributed by atoms with Crippen molar-refractivity contribution in [3.63, 3.8) is 0 Å². The number of fused-ring (bicyclic) bond motifs is 1. The van der Waals surface area contributed by atoms with Crippen molar-refractivity contribution >= 4 is 16.9 Å². The van der Waals surface area contributed by atoms with Gasteiger partial charge in [0.05, 0.1) is 18.6 Å². The third kappa shape index (κ3) is 3.21. The maximum Gasteiger partial charge on any atom is 0.236 e. The van der Waals surface area contributed by atoms with Crippen LogP contribution in [0.4, 0.5) is 4.39 Å². The van der Waals surface area contributed by atoms with Crippen molar-refractivity contribution in [2.24, 2.45) is 0 Å². The summed E-state index contributed by atoms with van der Waals surface area (Å²) in [6.45, 7) is 3.52. The molecule has 0 aliphatic carbocycles. The molecule has 2 aromatic rings. The Balaban J connectivity index is 2.26. The Morgan fingerprint density at radius 2 is 2.05 bits per heavy atom. The molecular formula is C15H21FN4O. The van der Waals surface area contributed by atoms with Gasteiger partial charge in [-0.15, -0.1) is 0 Å². The number of rotatable bonds is 5. The van der Waals surface area contributed by atoms with E-state index in [-0.39, 0.29) is 11.7 Å². The van der Waals surface area contributed by atoms with Crippen molar-refractivity contribution in [3.05, 3.63) is 29.8 Å². The molecule has 0 unspecified atom stereocenters. The lowest BCUT2D eigenvalue weighted by molar-refractivity contribution is -0.129. The number of para-hydroxylation sites is 1. The molecule has 0 atom stereocenters. The van der Waals surface area contributed by atoms with Crippen molar-refractivity contribution in [2.75, 3.05) is 27.7 Å². The summed E-state index contributed by atoms with van der Waals surface area (Å²) in [5.74, 6) is 0.488. The molecule has 0 radical (unpaired) electrons. The smallest absolute Gasteiger partial charge is 0.236 e. The van der Waals surface area contributed by atoms with Crippen molar-refractivity contribution in [2.45, 2.75) is 20.0 Å². The summed E-state index contributed by atoms with van der Waals surface area (Å²) in [5, 5.41) is 0. The van der Waals surface area contributed by atoms with Gasteiger partial charge in [-0.1, -0.05) is 6.07 Å². The van der Waals surface area contributed by atoms with Gasteiger partial charge in [-0.3, -0.25) is 9.69 Å². The Morgan fingerprint density at radius 1 is 1.33 bits per heavy atom. The van der Waals surface area contributed by atoms with E-state index in [4.69, 9.17) is 0 Å². The van der Waals surface area contributed by atoms with Crippen molar-refractivity contribution in [3.8, 4) is 0 Å². The molecule has 1 aromatic carbocycles. The van der Waals surface area contributed by atoms with Crippen LogP contribution in [-0.4, -0.2) is 52.9 Å². The number of benzene rings is 1. The topological polar surface area (TPSA) is 41.4 Å². The van der Waals surface area contributed by atoms with Gasteiger partial charge in [0, 0.05) is 20.6 Å². The van der Waals surface area contributed by atoms with Crippen LogP contribution < -0.4 is 0 Å². The molecule has 1 amide bonds. The first-order chi connectivity index (χ1) is 9.93. The fourth-order valence-electron chi connectivity index (χ4n) is 2.30. The Labute approximate surface area is 124 Å². The number of nitrogens with zero attached hydrogens (tertiary/aromatic N) is 4. The molecule has 0 bridgehead atoms. The van der Waals surface area contributed by atoms with Crippen molar-refractivity contribution < 1.29 is 9.18 Å². The van der Waals surface area contributed by atoms with Crippen LogP contribution in [0.5, 0.6) is 0 Å². The quantitative estimate of drug-likeness (QED) is 0.842. The molecule has 0 saturated carbocycles. The molecule has 6 heteroatoms. The molecule has 0 aliphatic rings. The molecule has 0 N–H and O–H groups in total. The van der Waals surface area contributed by atoms with E-state index in [1.165, 1.54) is 6.07 Å². The SMILES string of the molecule is CCn1c(CN(C)CC(=O)N(C)C)nc2c(F)cccc21. The highest BCUT2D eigenvalue weighted by Gasteiger charge is 2.15. The van der Waals surface area contributed by atoms with Gasteiger partial charge in [0.15, 0.2) is 5.82 Å². The van der Waals surface area contributed by atoms with Gasteiger partial charge in [0.25, 0.3) is 0 Å². The van der Waals surface area contributed by atoms with Crippen LogP contribution in [0, 0.1) is 5.82 Å². The molecule has 1 heterocycles. The van der Waals surface area contributed by atoms with E-state index >= 15 is 0 Å². The van der Waals surface area contributed by atoms with Gasteiger partial charge >= 0.3 is 0 Å². The summed E-state index contributed by atoms with van der Waals surface area (Å²) in [6, 6.07) is 4.97. The average Bonchev–Trinajstić information content (AvgIpc) is 2.77. The van der Waals surface area contributed by atoms with Crippen LogP contribution in [-0.2, 0) is 17.9 Å². The van der Waals surface area contributed by atoms with E-state index in [1.54, 1.807) is 25.1 Å². The summed E-state index contributed by atoms with van der Waals surface area (Å²) < 4.78 is 15.8. The maximum absolute atomic E-state index is 13.8. The Bertz CT molecular complexity index is 650. The number of carbonyl (C=O) groups is 1. The zero-order chi connectivity index (χ0) is 15.6. The molecule has 0 saturated heterocycles. The second-order valence-corrected chi connectivity index (χ2v) is 5.34. The molecule has 21 heavy (non-hydrogen) atoms. The molecule has 5 nitrogen and oxygen atoms in total. The molecule has 114 valence electrons. The highest BCUT2D eigenvalue weighted by molar-refractivity contribution is 5.78.